The molecule has 2 rings (SSSR count). The number of hydrogen-bond donors (Lipinski definition) is 0. The summed E-state index contributed by atoms with van der Waals surface area (Å²) in [7, 11) is 0. The molecule has 0 aliphatic rings. The minimum Gasteiger partial charge on any atom is -0.459 e. The van der Waals surface area contributed by atoms with E-state index in [1.807, 2.05) is 0 Å². The molecule has 1 heterocycles. The molecule has 5 nitrogen and oxygen atoms in total. The predicted molar refractivity (Wildman–Crippen MR) is 68.4 cm³/mol. The Morgan fingerprint density at radius 1 is 1.43 bits per heavy atom. The van der Waals surface area contributed by atoms with Crippen LogP contribution in [-0.2, 0) is 10.9 Å². The molecule has 21 heavy (non-hydrogen) atoms. The molecule has 0 spiro atoms. The van der Waals surface area contributed by atoms with Crippen LogP contribution in [0.5, 0.6) is 0 Å². The number of esters is 1. The van der Waals surface area contributed by atoms with Gasteiger partial charge in [-0.2, -0.15) is 18.2 Å². The normalized spacial score (nSPS) is 11.5. The lowest BCUT2D eigenvalue weighted by Crippen LogP contribution is -2.08. The second-order valence-electron chi connectivity index (χ2n) is 3.83. The number of carbonyl (C=O) groups is 1. The van der Waals surface area contributed by atoms with Crippen LogP contribution in [0.25, 0.3) is 11.4 Å². The number of halogens is 4. The second kappa shape index (κ2) is 5.84. The van der Waals surface area contributed by atoms with Crippen molar-refractivity contribution in [2.75, 3.05) is 6.61 Å². The smallest absolute Gasteiger partial charge is 0.417 e. The first-order valence-corrected chi connectivity index (χ1v) is 6.50. The number of aromatic nitrogens is 2. The van der Waals surface area contributed by atoms with Crippen molar-refractivity contribution in [1.29, 1.82) is 0 Å². The number of alkyl halides is 3. The number of nitrogens with zero attached hydrogens (tertiary/aromatic N) is 2. The van der Waals surface area contributed by atoms with Crippen LogP contribution in [0.15, 0.2) is 27.2 Å². The molecule has 2 aromatic rings. The van der Waals surface area contributed by atoms with Crippen molar-refractivity contribution < 1.29 is 27.2 Å². The fourth-order valence-corrected chi connectivity index (χ4v) is 1.92. The topological polar surface area (TPSA) is 65.2 Å². The Morgan fingerprint density at radius 2 is 2.14 bits per heavy atom. The van der Waals surface area contributed by atoms with Crippen LogP contribution >= 0.6 is 15.9 Å². The van der Waals surface area contributed by atoms with Crippen molar-refractivity contribution in [2.45, 2.75) is 13.1 Å². The summed E-state index contributed by atoms with van der Waals surface area (Å²) in [5.41, 5.74) is -1.22. The van der Waals surface area contributed by atoms with E-state index in [4.69, 9.17) is 0 Å². The van der Waals surface area contributed by atoms with Gasteiger partial charge in [0.25, 0.3) is 0 Å². The SMILES string of the molecule is CCOC(=O)c1nc(-c2ccc(Br)cc2C(F)(F)F)no1. The Labute approximate surface area is 125 Å². The highest BCUT2D eigenvalue weighted by atomic mass is 79.9. The van der Waals surface area contributed by atoms with E-state index in [2.05, 4.69) is 35.3 Å². The largest absolute Gasteiger partial charge is 0.459 e. The molecule has 0 bridgehead atoms. The Balaban J connectivity index is 2.46. The quantitative estimate of drug-likeness (QED) is 0.777. The van der Waals surface area contributed by atoms with Crippen LogP contribution in [0.4, 0.5) is 13.2 Å². The van der Waals surface area contributed by atoms with Gasteiger partial charge in [-0.05, 0) is 25.1 Å². The van der Waals surface area contributed by atoms with E-state index >= 15 is 0 Å². The minimum absolute atomic E-state index is 0.0859. The summed E-state index contributed by atoms with van der Waals surface area (Å²) in [4.78, 5) is 15.0. The van der Waals surface area contributed by atoms with E-state index in [1.54, 1.807) is 6.92 Å². The molecule has 0 aliphatic carbocycles. The van der Waals surface area contributed by atoms with Crippen LogP contribution in [0.2, 0.25) is 0 Å². The van der Waals surface area contributed by atoms with Crippen molar-refractivity contribution >= 4 is 21.9 Å². The van der Waals surface area contributed by atoms with Gasteiger partial charge in [0.15, 0.2) is 0 Å². The average molecular weight is 365 g/mol. The first-order valence-electron chi connectivity index (χ1n) is 5.71. The Hall–Kier alpha value is -1.90. The molecule has 0 saturated carbocycles. The summed E-state index contributed by atoms with van der Waals surface area (Å²) in [6.45, 7) is 1.66. The van der Waals surface area contributed by atoms with Gasteiger partial charge in [0.1, 0.15) is 0 Å². The lowest BCUT2D eigenvalue weighted by atomic mass is 10.1. The number of benzene rings is 1. The first kappa shape index (κ1) is 15.5. The molecule has 0 fully saturated rings. The summed E-state index contributed by atoms with van der Waals surface area (Å²) >= 11 is 2.97. The van der Waals surface area contributed by atoms with E-state index in [1.165, 1.54) is 12.1 Å². The molecule has 0 N–H and O–H groups in total. The monoisotopic (exact) mass is 364 g/mol. The summed E-state index contributed by atoms with van der Waals surface area (Å²) in [6.07, 6.45) is -4.59. The maximum absolute atomic E-state index is 13.0. The third kappa shape index (κ3) is 3.41. The molecule has 0 atom stereocenters. The molecule has 0 saturated heterocycles. The zero-order valence-corrected chi connectivity index (χ0v) is 12.2. The lowest BCUT2D eigenvalue weighted by molar-refractivity contribution is -0.137. The molecule has 0 aliphatic heterocycles. The van der Waals surface area contributed by atoms with E-state index in [0.29, 0.717) is 0 Å². The summed E-state index contributed by atoms with van der Waals surface area (Å²) < 4.78 is 48.5. The number of rotatable bonds is 3. The van der Waals surface area contributed by atoms with Crippen LogP contribution < -0.4 is 0 Å². The van der Waals surface area contributed by atoms with E-state index < -0.39 is 23.6 Å². The maximum Gasteiger partial charge on any atom is 0.417 e. The predicted octanol–water partition coefficient (Wildman–Crippen LogP) is 3.69. The zero-order valence-electron chi connectivity index (χ0n) is 10.6. The highest BCUT2D eigenvalue weighted by molar-refractivity contribution is 9.10. The molecule has 1 aromatic heterocycles. The van der Waals surface area contributed by atoms with Crippen LogP contribution in [0, 0.1) is 0 Å². The van der Waals surface area contributed by atoms with Gasteiger partial charge in [-0.3, -0.25) is 0 Å². The Kier molecular flexibility index (Phi) is 4.31. The van der Waals surface area contributed by atoms with Crippen molar-refractivity contribution in [3.8, 4) is 11.4 Å². The van der Waals surface area contributed by atoms with Crippen molar-refractivity contribution in [1.82, 2.24) is 10.1 Å². The third-order valence-electron chi connectivity index (χ3n) is 2.40. The number of carbonyl (C=O) groups excluding carboxylic acids is 1. The summed E-state index contributed by atoms with van der Waals surface area (Å²) in [5.74, 6) is -1.72. The van der Waals surface area contributed by atoms with Gasteiger partial charge >= 0.3 is 18.0 Å². The molecule has 1 aromatic carbocycles. The summed E-state index contributed by atoms with van der Waals surface area (Å²) in [6, 6.07) is 3.49. The Bertz CT molecular complexity index is 670. The standard InChI is InChI=1S/C12H8BrF3N2O3/c1-2-20-11(19)10-17-9(18-21-10)7-4-3-6(13)5-8(7)12(14,15)16/h3-5H,2H2,1H3. The van der Waals surface area contributed by atoms with E-state index in [0.717, 1.165) is 6.07 Å². The van der Waals surface area contributed by atoms with E-state index in [9.17, 15) is 18.0 Å². The van der Waals surface area contributed by atoms with Crippen LogP contribution in [0.1, 0.15) is 23.2 Å². The molecular formula is C12H8BrF3N2O3. The van der Waals surface area contributed by atoms with Gasteiger partial charge in [-0.25, -0.2) is 4.79 Å². The molecule has 0 radical (unpaired) electrons. The highest BCUT2D eigenvalue weighted by Crippen LogP contribution is 2.37. The average Bonchev–Trinajstić information content (AvgIpc) is 2.87. The fraction of sp³-hybridized carbons (Fsp3) is 0.250. The van der Waals surface area contributed by atoms with Crippen LogP contribution in [-0.4, -0.2) is 22.7 Å². The van der Waals surface area contributed by atoms with Crippen molar-refractivity contribution in [3.05, 3.63) is 34.1 Å². The molecule has 0 unspecified atom stereocenters. The van der Waals surface area contributed by atoms with Gasteiger partial charge in [0, 0.05) is 10.0 Å². The minimum atomic E-state index is -4.59. The maximum atomic E-state index is 13.0. The van der Waals surface area contributed by atoms with Gasteiger partial charge in [-0.15, -0.1) is 0 Å². The van der Waals surface area contributed by atoms with Gasteiger partial charge in [0.2, 0.25) is 5.82 Å². The van der Waals surface area contributed by atoms with Gasteiger partial charge in [-0.1, -0.05) is 21.1 Å². The molecular weight excluding hydrogens is 357 g/mol. The lowest BCUT2D eigenvalue weighted by Gasteiger charge is -2.10. The number of hydrogen-bond acceptors (Lipinski definition) is 5. The van der Waals surface area contributed by atoms with E-state index in [-0.39, 0.29) is 22.5 Å². The number of ether oxygens (including phenoxy) is 1. The first-order chi connectivity index (χ1) is 9.82. The third-order valence-corrected chi connectivity index (χ3v) is 2.90. The second-order valence-corrected chi connectivity index (χ2v) is 4.75. The molecule has 112 valence electrons. The van der Waals surface area contributed by atoms with Crippen LogP contribution in [0.3, 0.4) is 0 Å². The zero-order chi connectivity index (χ0) is 15.6. The van der Waals surface area contributed by atoms with Crippen molar-refractivity contribution in [2.24, 2.45) is 0 Å². The summed E-state index contributed by atoms with van der Waals surface area (Å²) in [5, 5.41) is 3.39. The molecule has 9 heteroatoms. The van der Waals surface area contributed by atoms with Gasteiger partial charge in [0.05, 0.1) is 12.2 Å². The molecule has 0 amide bonds. The van der Waals surface area contributed by atoms with Crippen molar-refractivity contribution in [3.63, 3.8) is 0 Å². The Morgan fingerprint density at radius 3 is 2.76 bits per heavy atom. The van der Waals surface area contributed by atoms with Gasteiger partial charge < -0.3 is 9.26 Å². The highest BCUT2D eigenvalue weighted by Gasteiger charge is 2.35. The fourth-order valence-electron chi connectivity index (χ4n) is 1.55.